The number of nitrogens with zero attached hydrogens (tertiary/aromatic N) is 3. The van der Waals surface area contributed by atoms with Gasteiger partial charge in [-0.05, 0) is 105 Å². The van der Waals surface area contributed by atoms with E-state index in [0.29, 0.717) is 18.1 Å². The molecule has 2 aromatic heterocycles. The number of carbonyl (C=O) groups is 1. The first-order valence-electron chi connectivity index (χ1n) is 13.3. The maximum absolute atomic E-state index is 12.9. The van der Waals surface area contributed by atoms with Crippen molar-refractivity contribution in [3.8, 4) is 5.69 Å². The smallest absolute Gasteiger partial charge is 0.226 e. The van der Waals surface area contributed by atoms with E-state index in [4.69, 9.17) is 12.2 Å². The van der Waals surface area contributed by atoms with E-state index in [1.165, 1.54) is 22.4 Å². The molecule has 0 unspecified atom stereocenters. The first kappa shape index (κ1) is 26.6. The van der Waals surface area contributed by atoms with Gasteiger partial charge in [0.15, 0.2) is 5.11 Å². The van der Waals surface area contributed by atoms with E-state index in [1.807, 2.05) is 55.6 Å². The van der Waals surface area contributed by atoms with Crippen LogP contribution in [0.25, 0.3) is 5.69 Å². The highest BCUT2D eigenvalue weighted by Crippen LogP contribution is 2.41. The summed E-state index contributed by atoms with van der Waals surface area (Å²) >= 11 is 5.86. The Kier molecular flexibility index (Phi) is 7.53. The van der Waals surface area contributed by atoms with Crippen molar-refractivity contribution in [3.05, 3.63) is 112 Å². The van der Waals surface area contributed by atoms with Gasteiger partial charge in [0, 0.05) is 41.9 Å². The highest BCUT2D eigenvalue weighted by Gasteiger charge is 2.41. The maximum Gasteiger partial charge on any atom is 0.226 e. The number of benzene rings is 2. The quantitative estimate of drug-likeness (QED) is 0.267. The van der Waals surface area contributed by atoms with Crippen LogP contribution in [0.1, 0.15) is 57.8 Å². The molecule has 2 aromatic carbocycles. The molecule has 0 bridgehead atoms. The van der Waals surface area contributed by atoms with E-state index in [-0.39, 0.29) is 18.0 Å². The van der Waals surface area contributed by atoms with E-state index >= 15 is 0 Å². The van der Waals surface area contributed by atoms with Crippen molar-refractivity contribution in [2.75, 3.05) is 11.9 Å². The normalized spacial score (nSPS) is 16.8. The Bertz CT molecular complexity index is 1530. The Morgan fingerprint density at radius 2 is 1.79 bits per heavy atom. The first-order valence-corrected chi connectivity index (χ1v) is 13.8. The monoisotopic (exact) mass is 537 g/mol. The third-order valence-corrected chi connectivity index (χ3v) is 8.04. The Morgan fingerprint density at radius 1 is 1.00 bits per heavy atom. The average molecular weight is 538 g/mol. The minimum atomic E-state index is -0.133. The summed E-state index contributed by atoms with van der Waals surface area (Å²) in [6.45, 7) is 11.1. The van der Waals surface area contributed by atoms with E-state index in [9.17, 15) is 4.79 Å². The number of thiocarbonyl (C=S) groups is 1. The number of hydrogen-bond donors (Lipinski definition) is 2. The number of pyridine rings is 1. The van der Waals surface area contributed by atoms with Crippen molar-refractivity contribution in [2.45, 2.75) is 53.1 Å². The van der Waals surface area contributed by atoms with Crippen LogP contribution in [0.4, 0.5) is 5.69 Å². The fraction of sp³-hybridized carbons (Fsp3) is 0.281. The van der Waals surface area contributed by atoms with Crippen molar-refractivity contribution in [1.82, 2.24) is 19.8 Å². The second-order valence-electron chi connectivity index (χ2n) is 10.4. The van der Waals surface area contributed by atoms with Crippen molar-refractivity contribution in [3.63, 3.8) is 0 Å². The van der Waals surface area contributed by atoms with Crippen LogP contribution >= 0.6 is 12.2 Å². The number of nitrogens with one attached hydrogen (secondary N) is 2. The van der Waals surface area contributed by atoms with Crippen molar-refractivity contribution in [2.24, 2.45) is 0 Å². The number of rotatable bonds is 7. The van der Waals surface area contributed by atoms with Crippen LogP contribution < -0.4 is 10.6 Å². The summed E-state index contributed by atoms with van der Waals surface area (Å²) in [5, 5.41) is 7.19. The summed E-state index contributed by atoms with van der Waals surface area (Å²) < 4.78 is 2.33. The van der Waals surface area contributed by atoms with Crippen LogP contribution in [0.5, 0.6) is 0 Å². The van der Waals surface area contributed by atoms with Crippen LogP contribution in [0.15, 0.2) is 72.9 Å². The number of aryl methyl sites for hydroxylation is 3. The molecule has 1 amide bonds. The zero-order valence-electron chi connectivity index (χ0n) is 23.2. The van der Waals surface area contributed by atoms with Crippen molar-refractivity contribution >= 4 is 28.9 Å². The molecule has 7 heteroatoms. The molecule has 6 nitrogen and oxygen atoms in total. The third-order valence-electron chi connectivity index (χ3n) is 7.69. The molecule has 1 fully saturated rings. The van der Waals surface area contributed by atoms with Crippen LogP contribution in [0, 0.1) is 34.6 Å². The number of anilines is 1. The van der Waals surface area contributed by atoms with Crippen LogP contribution in [0.3, 0.4) is 0 Å². The van der Waals surface area contributed by atoms with Gasteiger partial charge in [-0.25, -0.2) is 0 Å². The lowest BCUT2D eigenvalue weighted by Gasteiger charge is -2.28. The highest BCUT2D eigenvalue weighted by atomic mass is 32.1. The molecular formula is C32H35N5OS. The van der Waals surface area contributed by atoms with Gasteiger partial charge in [-0.15, -0.1) is 0 Å². The summed E-state index contributed by atoms with van der Waals surface area (Å²) in [6.07, 6.45) is 2.13. The molecule has 0 radical (unpaired) electrons. The topological polar surface area (TPSA) is 62.2 Å². The lowest BCUT2D eigenvalue weighted by Crippen LogP contribution is -2.32. The van der Waals surface area contributed by atoms with Gasteiger partial charge < -0.3 is 20.1 Å². The van der Waals surface area contributed by atoms with E-state index in [0.717, 1.165) is 28.3 Å². The molecule has 0 spiro atoms. The third kappa shape index (κ3) is 5.32. The molecule has 4 aromatic rings. The van der Waals surface area contributed by atoms with Crippen molar-refractivity contribution < 1.29 is 4.79 Å². The summed E-state index contributed by atoms with van der Waals surface area (Å²) in [5.41, 5.74) is 10.0. The molecule has 5 rings (SSSR count). The molecule has 0 aliphatic carbocycles. The number of aromatic nitrogens is 2. The zero-order chi connectivity index (χ0) is 27.7. The largest absolute Gasteiger partial charge is 0.352 e. The molecule has 3 heterocycles. The van der Waals surface area contributed by atoms with Gasteiger partial charge in [-0.3, -0.25) is 9.78 Å². The molecule has 1 aliphatic heterocycles. The number of carbonyl (C=O) groups excluding carboxylic acids is 1. The van der Waals surface area contributed by atoms with Gasteiger partial charge in [0.1, 0.15) is 0 Å². The van der Waals surface area contributed by atoms with Gasteiger partial charge in [0.2, 0.25) is 5.91 Å². The number of hydrogen-bond acceptors (Lipinski definition) is 3. The van der Waals surface area contributed by atoms with E-state index in [2.05, 4.69) is 77.0 Å². The molecule has 200 valence electrons. The average Bonchev–Trinajstić information content (AvgIpc) is 3.39. The van der Waals surface area contributed by atoms with Gasteiger partial charge >= 0.3 is 0 Å². The standard InChI is InChI=1S/C32H35N5OS/c1-20-10-8-12-25(18-20)34-29(38)15-17-36-31(30(35-32(36)39)27-13-6-7-16-33-27)26-19-22(3)37(24(26)5)28-14-9-11-21(2)23(28)4/h6-14,16,18-19,30-31H,15,17H2,1-5H3,(H,34,38)(H,35,39)/t30-,31+/m0/s1. The van der Waals surface area contributed by atoms with Crippen LogP contribution in [0.2, 0.25) is 0 Å². The van der Waals surface area contributed by atoms with Crippen LogP contribution in [-0.2, 0) is 4.79 Å². The van der Waals surface area contributed by atoms with Gasteiger partial charge in [0.25, 0.3) is 0 Å². The first-order chi connectivity index (χ1) is 18.7. The molecule has 2 N–H and O–H groups in total. The minimum Gasteiger partial charge on any atom is -0.352 e. The van der Waals surface area contributed by atoms with Crippen LogP contribution in [-0.4, -0.2) is 32.0 Å². The number of amides is 1. The van der Waals surface area contributed by atoms with E-state index < -0.39 is 0 Å². The minimum absolute atomic E-state index is 0.0377. The second kappa shape index (κ2) is 11.0. The Morgan fingerprint density at radius 3 is 2.54 bits per heavy atom. The van der Waals surface area contributed by atoms with Gasteiger partial charge in [-0.2, -0.15) is 0 Å². The Hall–Kier alpha value is -3.97. The fourth-order valence-electron chi connectivity index (χ4n) is 5.59. The SMILES string of the molecule is Cc1cccc(NC(=O)CCN2C(=S)N[C@@H](c3ccccn3)[C@H]2c2cc(C)n(-c3cccc(C)c3C)c2C)c1. The summed E-state index contributed by atoms with van der Waals surface area (Å²) in [6, 6.07) is 22.3. The second-order valence-corrected chi connectivity index (χ2v) is 10.8. The molecule has 1 aliphatic rings. The fourth-order valence-corrected chi connectivity index (χ4v) is 5.92. The highest BCUT2D eigenvalue weighted by molar-refractivity contribution is 7.80. The summed E-state index contributed by atoms with van der Waals surface area (Å²) in [7, 11) is 0. The van der Waals surface area contributed by atoms with Gasteiger partial charge in [-0.1, -0.05) is 30.3 Å². The Balaban J connectivity index is 1.49. The lowest BCUT2D eigenvalue weighted by molar-refractivity contribution is -0.116. The predicted octanol–water partition coefficient (Wildman–Crippen LogP) is 6.42. The van der Waals surface area contributed by atoms with E-state index in [1.54, 1.807) is 0 Å². The molecule has 1 saturated heterocycles. The molecule has 0 saturated carbocycles. The summed E-state index contributed by atoms with van der Waals surface area (Å²) in [5.74, 6) is -0.0377. The molecule has 2 atom stereocenters. The molecule has 39 heavy (non-hydrogen) atoms. The maximum atomic E-state index is 12.9. The molecular weight excluding hydrogens is 502 g/mol. The Labute approximate surface area is 236 Å². The van der Waals surface area contributed by atoms with Gasteiger partial charge in [0.05, 0.1) is 17.8 Å². The van der Waals surface area contributed by atoms with Crippen molar-refractivity contribution in [1.29, 1.82) is 0 Å². The zero-order valence-corrected chi connectivity index (χ0v) is 24.0. The lowest BCUT2D eigenvalue weighted by atomic mass is 9.96. The predicted molar refractivity (Wildman–Crippen MR) is 161 cm³/mol. The summed E-state index contributed by atoms with van der Waals surface area (Å²) in [4.78, 5) is 19.8.